The number of hydrogen-bond acceptors (Lipinski definition) is 8. The van der Waals surface area contributed by atoms with E-state index in [4.69, 9.17) is 9.26 Å². The number of anilines is 1. The second kappa shape index (κ2) is 9.86. The molecule has 0 aliphatic carbocycles. The molecule has 0 aliphatic heterocycles. The fourth-order valence-corrected chi connectivity index (χ4v) is 3.96. The second-order valence-electron chi connectivity index (χ2n) is 7.34. The third-order valence-corrected chi connectivity index (χ3v) is 6.09. The number of rotatable bonds is 8. The van der Waals surface area contributed by atoms with Gasteiger partial charge in [0.15, 0.2) is 5.16 Å². The zero-order valence-electron chi connectivity index (χ0n) is 18.8. The number of hydrogen-bond donors (Lipinski definition) is 1. The van der Waals surface area contributed by atoms with E-state index in [1.807, 2.05) is 67.8 Å². The molecule has 1 amide bonds. The third kappa shape index (κ3) is 5.06. The van der Waals surface area contributed by atoms with Gasteiger partial charge in [-0.3, -0.25) is 9.36 Å². The van der Waals surface area contributed by atoms with E-state index < -0.39 is 0 Å². The van der Waals surface area contributed by atoms with E-state index in [1.165, 1.54) is 17.3 Å². The highest BCUT2D eigenvalue weighted by atomic mass is 32.2. The standard InChI is InChI=1S/C23H24N6O3S/c1-5-29-21(22-25-20(28-32-22)16-7-10-18(31-4)11-8-16)26-27-23(29)33-13-19(30)24-17-9-6-14(2)15(3)12-17/h6-12H,5,13H2,1-4H3,(H,24,30). The van der Waals surface area contributed by atoms with Crippen LogP contribution in [-0.4, -0.2) is 43.7 Å². The molecule has 2 heterocycles. The van der Waals surface area contributed by atoms with E-state index in [-0.39, 0.29) is 17.6 Å². The van der Waals surface area contributed by atoms with Crippen molar-refractivity contribution < 1.29 is 14.1 Å². The van der Waals surface area contributed by atoms with E-state index in [1.54, 1.807) is 7.11 Å². The molecule has 0 unspecified atom stereocenters. The maximum Gasteiger partial charge on any atom is 0.296 e. The number of methoxy groups -OCH3 is 1. The molecule has 0 bridgehead atoms. The quantitative estimate of drug-likeness (QED) is 0.383. The van der Waals surface area contributed by atoms with Gasteiger partial charge in [-0.15, -0.1) is 10.2 Å². The number of thioether (sulfide) groups is 1. The highest BCUT2D eigenvalue weighted by molar-refractivity contribution is 7.99. The Bertz CT molecular complexity index is 1270. The average molecular weight is 465 g/mol. The first-order chi connectivity index (χ1) is 16.0. The molecule has 0 spiro atoms. The summed E-state index contributed by atoms with van der Waals surface area (Å²) < 4.78 is 12.5. The van der Waals surface area contributed by atoms with Crippen molar-refractivity contribution in [2.24, 2.45) is 0 Å². The molecule has 0 saturated carbocycles. The summed E-state index contributed by atoms with van der Waals surface area (Å²) in [4.78, 5) is 16.9. The first kappa shape index (κ1) is 22.5. The van der Waals surface area contributed by atoms with Gasteiger partial charge in [0, 0.05) is 17.8 Å². The van der Waals surface area contributed by atoms with Crippen LogP contribution in [0.1, 0.15) is 18.1 Å². The van der Waals surface area contributed by atoms with Crippen molar-refractivity contribution in [3.63, 3.8) is 0 Å². The fraction of sp³-hybridized carbons (Fsp3) is 0.261. The van der Waals surface area contributed by atoms with Crippen molar-refractivity contribution in [2.45, 2.75) is 32.5 Å². The van der Waals surface area contributed by atoms with Crippen LogP contribution in [0.2, 0.25) is 0 Å². The third-order valence-electron chi connectivity index (χ3n) is 5.12. The Morgan fingerprint density at radius 3 is 2.61 bits per heavy atom. The zero-order valence-corrected chi connectivity index (χ0v) is 19.6. The van der Waals surface area contributed by atoms with Gasteiger partial charge in [-0.1, -0.05) is 23.0 Å². The zero-order chi connectivity index (χ0) is 23.4. The number of carbonyl (C=O) groups excluding carboxylic acids is 1. The van der Waals surface area contributed by atoms with Crippen LogP contribution in [0.25, 0.3) is 23.1 Å². The van der Waals surface area contributed by atoms with Gasteiger partial charge in [0.25, 0.3) is 5.89 Å². The number of benzene rings is 2. The maximum absolute atomic E-state index is 12.4. The van der Waals surface area contributed by atoms with Crippen molar-refractivity contribution in [3.05, 3.63) is 53.6 Å². The number of amides is 1. The highest BCUT2D eigenvalue weighted by Crippen LogP contribution is 2.26. The number of aromatic nitrogens is 5. The lowest BCUT2D eigenvalue weighted by Gasteiger charge is -2.08. The Balaban J connectivity index is 1.45. The Morgan fingerprint density at radius 1 is 1.12 bits per heavy atom. The normalized spacial score (nSPS) is 10.9. The molecule has 0 fully saturated rings. The number of nitrogens with one attached hydrogen (secondary N) is 1. The predicted molar refractivity (Wildman–Crippen MR) is 126 cm³/mol. The molecule has 2 aromatic heterocycles. The van der Waals surface area contributed by atoms with E-state index in [0.29, 0.717) is 23.4 Å². The lowest BCUT2D eigenvalue weighted by Crippen LogP contribution is -2.14. The average Bonchev–Trinajstić information content (AvgIpc) is 3.47. The lowest BCUT2D eigenvalue weighted by atomic mass is 10.1. The van der Waals surface area contributed by atoms with Crippen LogP contribution in [0.15, 0.2) is 52.1 Å². The number of carbonyl (C=O) groups is 1. The second-order valence-corrected chi connectivity index (χ2v) is 8.28. The van der Waals surface area contributed by atoms with Crippen LogP contribution in [0.3, 0.4) is 0 Å². The minimum atomic E-state index is -0.116. The summed E-state index contributed by atoms with van der Waals surface area (Å²) in [6.07, 6.45) is 0. The summed E-state index contributed by atoms with van der Waals surface area (Å²) in [6.45, 7) is 6.61. The number of aryl methyl sites for hydroxylation is 2. The molecule has 0 aliphatic rings. The van der Waals surface area contributed by atoms with Crippen molar-refractivity contribution in [3.8, 4) is 28.9 Å². The molecule has 2 aromatic carbocycles. The minimum Gasteiger partial charge on any atom is -0.497 e. The maximum atomic E-state index is 12.4. The van der Waals surface area contributed by atoms with Gasteiger partial charge in [-0.25, -0.2) is 0 Å². The van der Waals surface area contributed by atoms with E-state index in [0.717, 1.165) is 22.6 Å². The van der Waals surface area contributed by atoms with E-state index in [2.05, 4.69) is 25.7 Å². The summed E-state index contributed by atoms with van der Waals surface area (Å²) >= 11 is 1.30. The highest BCUT2D eigenvalue weighted by Gasteiger charge is 2.20. The van der Waals surface area contributed by atoms with Crippen LogP contribution in [-0.2, 0) is 11.3 Å². The van der Waals surface area contributed by atoms with Crippen LogP contribution < -0.4 is 10.1 Å². The van der Waals surface area contributed by atoms with Crippen molar-refractivity contribution in [2.75, 3.05) is 18.2 Å². The monoisotopic (exact) mass is 464 g/mol. The van der Waals surface area contributed by atoms with Gasteiger partial charge in [0.2, 0.25) is 17.6 Å². The van der Waals surface area contributed by atoms with Crippen molar-refractivity contribution in [1.29, 1.82) is 0 Å². The largest absolute Gasteiger partial charge is 0.497 e. The molecule has 170 valence electrons. The molecule has 4 aromatic rings. The predicted octanol–water partition coefficient (Wildman–Crippen LogP) is 4.37. The molecule has 1 N–H and O–H groups in total. The first-order valence-electron chi connectivity index (χ1n) is 10.4. The topological polar surface area (TPSA) is 108 Å². The first-order valence-corrected chi connectivity index (χ1v) is 11.4. The Hall–Kier alpha value is -3.66. The van der Waals surface area contributed by atoms with Gasteiger partial charge in [-0.05, 0) is 68.3 Å². The van der Waals surface area contributed by atoms with Gasteiger partial charge in [-0.2, -0.15) is 4.98 Å². The molecule has 9 nitrogen and oxygen atoms in total. The number of ether oxygens (including phenoxy) is 1. The molecule has 0 atom stereocenters. The molecule has 4 rings (SSSR count). The summed E-state index contributed by atoms with van der Waals surface area (Å²) in [7, 11) is 1.61. The van der Waals surface area contributed by atoms with Crippen LogP contribution in [0.4, 0.5) is 5.69 Å². The number of nitrogens with zero attached hydrogens (tertiary/aromatic N) is 5. The van der Waals surface area contributed by atoms with Crippen LogP contribution >= 0.6 is 11.8 Å². The van der Waals surface area contributed by atoms with Gasteiger partial charge < -0.3 is 14.6 Å². The Morgan fingerprint density at radius 2 is 1.91 bits per heavy atom. The fourth-order valence-electron chi connectivity index (χ4n) is 3.16. The SMILES string of the molecule is CCn1c(SCC(=O)Nc2ccc(C)c(C)c2)nnc1-c1nc(-c2ccc(OC)cc2)no1. The van der Waals surface area contributed by atoms with Crippen molar-refractivity contribution in [1.82, 2.24) is 24.9 Å². The van der Waals surface area contributed by atoms with Gasteiger partial charge in [0.1, 0.15) is 5.75 Å². The molecule has 0 saturated heterocycles. The molecule has 33 heavy (non-hydrogen) atoms. The molecular weight excluding hydrogens is 440 g/mol. The summed E-state index contributed by atoms with van der Waals surface area (Å²) in [5.74, 6) is 2.00. The Labute approximate surface area is 195 Å². The van der Waals surface area contributed by atoms with Crippen LogP contribution in [0.5, 0.6) is 5.75 Å². The Kier molecular flexibility index (Phi) is 6.74. The molecular formula is C23H24N6O3S. The minimum absolute atomic E-state index is 0.116. The smallest absolute Gasteiger partial charge is 0.296 e. The summed E-state index contributed by atoms with van der Waals surface area (Å²) in [5, 5.41) is 16.0. The van der Waals surface area contributed by atoms with E-state index in [9.17, 15) is 4.79 Å². The van der Waals surface area contributed by atoms with Gasteiger partial charge in [0.05, 0.1) is 12.9 Å². The molecule has 10 heteroatoms. The van der Waals surface area contributed by atoms with Crippen LogP contribution in [0, 0.1) is 13.8 Å². The van der Waals surface area contributed by atoms with E-state index >= 15 is 0 Å². The van der Waals surface area contributed by atoms with Gasteiger partial charge >= 0.3 is 0 Å². The summed E-state index contributed by atoms with van der Waals surface area (Å²) in [5.41, 5.74) is 3.88. The van der Waals surface area contributed by atoms with Crippen molar-refractivity contribution >= 4 is 23.4 Å². The summed E-state index contributed by atoms with van der Waals surface area (Å²) in [6, 6.07) is 13.2. The lowest BCUT2D eigenvalue weighted by molar-refractivity contribution is -0.113. The molecule has 0 radical (unpaired) electrons.